The predicted octanol–water partition coefficient (Wildman–Crippen LogP) is 4.50. The van der Waals surface area contributed by atoms with E-state index in [0.717, 1.165) is 59.7 Å². The zero-order chi connectivity index (χ0) is 20.3. The molecule has 0 bridgehead atoms. The minimum absolute atomic E-state index is 0.536. The van der Waals surface area contributed by atoms with E-state index >= 15 is 0 Å². The summed E-state index contributed by atoms with van der Waals surface area (Å²) in [4.78, 5) is 16.1. The lowest BCUT2D eigenvalue weighted by atomic mass is 10.0. The Hall–Kier alpha value is -3.22. The van der Waals surface area contributed by atoms with E-state index in [1.165, 1.54) is 0 Å². The number of halogens is 1. The molecule has 0 amide bonds. The summed E-state index contributed by atoms with van der Waals surface area (Å²) in [6.45, 7) is 3.92. The fraction of sp³-hybridized carbons (Fsp3) is 0.174. The molecule has 1 aliphatic heterocycles. The molecule has 1 aliphatic rings. The molecule has 150 valence electrons. The summed E-state index contributed by atoms with van der Waals surface area (Å²) < 4.78 is 0. The average molecular weight is 417 g/mol. The van der Waals surface area contributed by atoms with Gasteiger partial charge in [-0.2, -0.15) is 0 Å². The van der Waals surface area contributed by atoms with Crippen molar-refractivity contribution in [3.8, 4) is 11.1 Å². The maximum atomic E-state index is 6.19. The number of pyridine rings is 1. The van der Waals surface area contributed by atoms with Gasteiger partial charge < -0.3 is 15.5 Å². The first-order chi connectivity index (χ1) is 14.8. The maximum absolute atomic E-state index is 6.19. The molecule has 2 aromatic carbocycles. The summed E-state index contributed by atoms with van der Waals surface area (Å²) in [6, 6.07) is 17.9. The van der Waals surface area contributed by atoms with Crippen molar-refractivity contribution in [2.24, 2.45) is 0 Å². The third kappa shape index (κ3) is 3.92. The first-order valence-corrected chi connectivity index (χ1v) is 10.3. The SMILES string of the molecule is Clc1cccc(-c2cccc3cnc(Nc4ccc(N5CCNCC5)nc4)nc23)c1. The number of rotatable bonds is 4. The van der Waals surface area contributed by atoms with Crippen molar-refractivity contribution < 1.29 is 0 Å². The Morgan fingerprint density at radius 1 is 0.933 bits per heavy atom. The van der Waals surface area contributed by atoms with E-state index in [1.54, 1.807) is 0 Å². The molecule has 0 atom stereocenters. The van der Waals surface area contributed by atoms with Crippen LogP contribution in [-0.4, -0.2) is 41.1 Å². The third-order valence-electron chi connectivity index (χ3n) is 5.19. The molecule has 1 fully saturated rings. The molecule has 2 N–H and O–H groups in total. The molecular weight excluding hydrogens is 396 g/mol. The van der Waals surface area contributed by atoms with Gasteiger partial charge in [-0.3, -0.25) is 0 Å². The van der Waals surface area contributed by atoms with Crippen LogP contribution in [0.25, 0.3) is 22.0 Å². The molecule has 5 rings (SSSR count). The molecule has 1 saturated heterocycles. The molecule has 0 spiro atoms. The summed E-state index contributed by atoms with van der Waals surface area (Å²) in [7, 11) is 0. The zero-order valence-corrected chi connectivity index (χ0v) is 17.1. The largest absolute Gasteiger partial charge is 0.354 e. The van der Waals surface area contributed by atoms with Gasteiger partial charge in [0.2, 0.25) is 5.95 Å². The first kappa shape index (κ1) is 18.8. The second-order valence-electron chi connectivity index (χ2n) is 7.21. The van der Waals surface area contributed by atoms with Gasteiger partial charge >= 0.3 is 0 Å². The van der Waals surface area contributed by atoms with Crippen LogP contribution in [0.1, 0.15) is 0 Å². The quantitative estimate of drug-likeness (QED) is 0.510. The number of para-hydroxylation sites is 1. The molecule has 3 heterocycles. The van der Waals surface area contributed by atoms with Crippen molar-refractivity contribution in [3.63, 3.8) is 0 Å². The first-order valence-electron chi connectivity index (χ1n) is 9.97. The highest BCUT2D eigenvalue weighted by atomic mass is 35.5. The summed E-state index contributed by atoms with van der Waals surface area (Å²) in [5.74, 6) is 1.53. The number of fused-ring (bicyclic) bond motifs is 1. The Labute approximate surface area is 180 Å². The number of piperazine rings is 1. The van der Waals surface area contributed by atoms with Crippen molar-refractivity contribution >= 4 is 40.0 Å². The van der Waals surface area contributed by atoms with E-state index in [2.05, 4.69) is 31.6 Å². The van der Waals surface area contributed by atoms with Crippen LogP contribution in [0.4, 0.5) is 17.5 Å². The monoisotopic (exact) mass is 416 g/mol. The van der Waals surface area contributed by atoms with Gasteiger partial charge in [-0.15, -0.1) is 0 Å². The highest BCUT2D eigenvalue weighted by Crippen LogP contribution is 2.29. The molecule has 0 radical (unpaired) electrons. The van der Waals surface area contributed by atoms with E-state index in [1.807, 2.05) is 60.9 Å². The van der Waals surface area contributed by atoms with E-state index in [-0.39, 0.29) is 0 Å². The van der Waals surface area contributed by atoms with Crippen LogP contribution >= 0.6 is 11.6 Å². The topological polar surface area (TPSA) is 66.0 Å². The van der Waals surface area contributed by atoms with Crippen molar-refractivity contribution in [1.82, 2.24) is 20.3 Å². The molecular formula is C23H21ClN6. The highest BCUT2D eigenvalue weighted by molar-refractivity contribution is 6.30. The highest BCUT2D eigenvalue weighted by Gasteiger charge is 2.12. The Kier molecular flexibility index (Phi) is 5.17. The summed E-state index contributed by atoms with van der Waals surface area (Å²) in [5, 5.41) is 8.31. The number of nitrogens with one attached hydrogen (secondary N) is 2. The van der Waals surface area contributed by atoms with Crippen LogP contribution in [0.5, 0.6) is 0 Å². The standard InChI is InChI=1S/C23H21ClN6/c24-18-5-1-3-16(13-18)20-6-2-4-17-14-27-23(29-22(17)20)28-19-7-8-21(26-15-19)30-11-9-25-10-12-30/h1-8,13-15,25H,9-12H2,(H,27,28,29). The molecule has 6 nitrogen and oxygen atoms in total. The third-order valence-corrected chi connectivity index (χ3v) is 5.43. The smallest absolute Gasteiger partial charge is 0.227 e. The molecule has 4 aromatic rings. The van der Waals surface area contributed by atoms with Crippen LogP contribution in [0.3, 0.4) is 0 Å². The number of hydrogen-bond acceptors (Lipinski definition) is 6. The Morgan fingerprint density at radius 3 is 2.60 bits per heavy atom. The zero-order valence-electron chi connectivity index (χ0n) is 16.3. The van der Waals surface area contributed by atoms with E-state index < -0.39 is 0 Å². The normalized spacial score (nSPS) is 14.1. The van der Waals surface area contributed by atoms with Gasteiger partial charge in [0.1, 0.15) is 5.82 Å². The Bertz CT molecular complexity index is 1170. The Balaban J connectivity index is 1.43. The second kappa shape index (κ2) is 8.26. The van der Waals surface area contributed by atoms with Gasteiger partial charge in [-0.05, 0) is 29.8 Å². The molecule has 0 unspecified atom stereocenters. The van der Waals surface area contributed by atoms with Gasteiger partial charge in [0, 0.05) is 48.3 Å². The van der Waals surface area contributed by atoms with Crippen LogP contribution in [0.2, 0.25) is 5.02 Å². The van der Waals surface area contributed by atoms with Gasteiger partial charge in [0.15, 0.2) is 0 Å². The Morgan fingerprint density at radius 2 is 1.80 bits per heavy atom. The molecule has 0 saturated carbocycles. The number of nitrogens with zero attached hydrogens (tertiary/aromatic N) is 4. The van der Waals surface area contributed by atoms with Gasteiger partial charge in [-0.25, -0.2) is 15.0 Å². The summed E-state index contributed by atoms with van der Waals surface area (Å²) in [5.41, 5.74) is 3.78. The summed E-state index contributed by atoms with van der Waals surface area (Å²) in [6.07, 6.45) is 3.66. The van der Waals surface area contributed by atoms with E-state index in [9.17, 15) is 0 Å². The van der Waals surface area contributed by atoms with Crippen LogP contribution in [0, 0.1) is 0 Å². The van der Waals surface area contributed by atoms with E-state index in [4.69, 9.17) is 16.6 Å². The fourth-order valence-corrected chi connectivity index (χ4v) is 3.87. The summed E-state index contributed by atoms with van der Waals surface area (Å²) >= 11 is 6.19. The number of anilines is 3. The van der Waals surface area contributed by atoms with Crippen molar-refractivity contribution in [1.29, 1.82) is 0 Å². The predicted molar refractivity (Wildman–Crippen MR) is 123 cm³/mol. The van der Waals surface area contributed by atoms with Crippen LogP contribution in [0.15, 0.2) is 67.0 Å². The molecule has 7 heteroatoms. The average Bonchev–Trinajstić information content (AvgIpc) is 2.80. The van der Waals surface area contributed by atoms with Crippen LogP contribution < -0.4 is 15.5 Å². The second-order valence-corrected chi connectivity index (χ2v) is 7.65. The lowest BCUT2D eigenvalue weighted by Crippen LogP contribution is -2.43. The lowest BCUT2D eigenvalue weighted by molar-refractivity contribution is 0.585. The van der Waals surface area contributed by atoms with Gasteiger partial charge in [0.05, 0.1) is 17.4 Å². The molecule has 0 aliphatic carbocycles. The molecule has 30 heavy (non-hydrogen) atoms. The number of aromatic nitrogens is 3. The fourth-order valence-electron chi connectivity index (χ4n) is 3.68. The van der Waals surface area contributed by atoms with E-state index in [0.29, 0.717) is 11.0 Å². The number of benzene rings is 2. The minimum atomic E-state index is 0.536. The molecule has 2 aromatic heterocycles. The van der Waals surface area contributed by atoms with Crippen molar-refractivity contribution in [2.45, 2.75) is 0 Å². The van der Waals surface area contributed by atoms with Gasteiger partial charge in [-0.1, -0.05) is 41.9 Å². The van der Waals surface area contributed by atoms with Crippen LogP contribution in [-0.2, 0) is 0 Å². The van der Waals surface area contributed by atoms with Gasteiger partial charge in [0.25, 0.3) is 0 Å². The lowest BCUT2D eigenvalue weighted by Gasteiger charge is -2.28. The number of hydrogen-bond donors (Lipinski definition) is 2. The maximum Gasteiger partial charge on any atom is 0.227 e. The van der Waals surface area contributed by atoms with Crippen molar-refractivity contribution in [3.05, 3.63) is 72.0 Å². The van der Waals surface area contributed by atoms with Crippen molar-refractivity contribution in [2.75, 3.05) is 36.4 Å². The minimum Gasteiger partial charge on any atom is -0.354 e.